The van der Waals surface area contributed by atoms with Gasteiger partial charge in [0.1, 0.15) is 6.04 Å². The van der Waals surface area contributed by atoms with E-state index >= 15 is 0 Å². The monoisotopic (exact) mass is 296 g/mol. The van der Waals surface area contributed by atoms with Gasteiger partial charge in [-0.3, -0.25) is 14.5 Å². The van der Waals surface area contributed by atoms with E-state index in [1.807, 2.05) is 30.5 Å². The number of para-hydroxylation sites is 1. The van der Waals surface area contributed by atoms with E-state index in [1.54, 1.807) is 30.6 Å². The zero-order valence-corrected chi connectivity index (χ0v) is 12.7. The van der Waals surface area contributed by atoms with Gasteiger partial charge in [0.15, 0.2) is 0 Å². The van der Waals surface area contributed by atoms with Crippen molar-refractivity contribution >= 4 is 29.3 Å². The van der Waals surface area contributed by atoms with Gasteiger partial charge in [-0.05, 0) is 32.4 Å². The number of likely N-dealkylation sites (N-methyl/N-ethyl adjacent to an activating group) is 1. The summed E-state index contributed by atoms with van der Waals surface area (Å²) in [5, 5.41) is 11.7. The first kappa shape index (κ1) is 16.5. The molecule has 1 rings (SSSR count). The van der Waals surface area contributed by atoms with E-state index in [2.05, 4.69) is 5.32 Å². The van der Waals surface area contributed by atoms with Crippen LogP contribution in [0.3, 0.4) is 0 Å². The Labute approximate surface area is 123 Å². The maximum absolute atomic E-state index is 11.9. The van der Waals surface area contributed by atoms with Crippen LogP contribution in [0.5, 0.6) is 0 Å². The standard InChI is InChI=1S/C14H20N2O3S/c1-10(14(18)19)16(2)9-8-13(17)15-11-6-4-5-7-12(11)20-3/h4-7,10H,8-9H2,1-3H3,(H,15,17)(H,18,19). The number of aliphatic carboxylic acids is 1. The summed E-state index contributed by atoms with van der Waals surface area (Å²) < 4.78 is 0. The topological polar surface area (TPSA) is 69.6 Å². The molecule has 0 aliphatic rings. The number of nitrogens with zero attached hydrogens (tertiary/aromatic N) is 1. The van der Waals surface area contributed by atoms with E-state index in [9.17, 15) is 9.59 Å². The van der Waals surface area contributed by atoms with E-state index in [-0.39, 0.29) is 12.3 Å². The van der Waals surface area contributed by atoms with Crippen molar-refractivity contribution in [2.24, 2.45) is 0 Å². The molecule has 0 radical (unpaired) electrons. The van der Waals surface area contributed by atoms with Gasteiger partial charge in [-0.1, -0.05) is 12.1 Å². The molecule has 1 atom stereocenters. The lowest BCUT2D eigenvalue weighted by Crippen LogP contribution is -2.37. The number of amides is 1. The summed E-state index contributed by atoms with van der Waals surface area (Å²) in [7, 11) is 1.70. The second-order valence-corrected chi connectivity index (χ2v) is 5.34. The quantitative estimate of drug-likeness (QED) is 0.754. The van der Waals surface area contributed by atoms with Gasteiger partial charge in [0.25, 0.3) is 0 Å². The van der Waals surface area contributed by atoms with Crippen LogP contribution in [0.4, 0.5) is 5.69 Å². The number of carbonyl (C=O) groups is 2. The second kappa shape index (κ2) is 7.91. The minimum Gasteiger partial charge on any atom is -0.480 e. The van der Waals surface area contributed by atoms with Crippen molar-refractivity contribution < 1.29 is 14.7 Å². The SMILES string of the molecule is CSc1ccccc1NC(=O)CCN(C)C(C)C(=O)O. The van der Waals surface area contributed by atoms with E-state index in [0.29, 0.717) is 6.54 Å². The Morgan fingerprint density at radius 2 is 2.05 bits per heavy atom. The zero-order chi connectivity index (χ0) is 15.1. The highest BCUT2D eigenvalue weighted by molar-refractivity contribution is 7.98. The average Bonchev–Trinajstić information content (AvgIpc) is 2.44. The highest BCUT2D eigenvalue weighted by atomic mass is 32.2. The smallest absolute Gasteiger partial charge is 0.320 e. The maximum Gasteiger partial charge on any atom is 0.320 e. The molecule has 20 heavy (non-hydrogen) atoms. The molecule has 2 N–H and O–H groups in total. The molecule has 0 heterocycles. The van der Waals surface area contributed by atoms with Crippen LogP contribution in [0.2, 0.25) is 0 Å². The summed E-state index contributed by atoms with van der Waals surface area (Å²) in [5.74, 6) is -1.00. The zero-order valence-electron chi connectivity index (χ0n) is 11.9. The highest BCUT2D eigenvalue weighted by Crippen LogP contribution is 2.24. The lowest BCUT2D eigenvalue weighted by atomic mass is 10.2. The molecule has 0 aromatic heterocycles. The third-order valence-corrected chi connectivity index (χ3v) is 3.89. The van der Waals surface area contributed by atoms with Crippen molar-refractivity contribution in [3.8, 4) is 0 Å². The summed E-state index contributed by atoms with van der Waals surface area (Å²) in [5.41, 5.74) is 0.791. The van der Waals surface area contributed by atoms with Crippen LogP contribution in [0.25, 0.3) is 0 Å². The number of anilines is 1. The normalized spacial score (nSPS) is 12.2. The fraction of sp³-hybridized carbons (Fsp3) is 0.429. The molecule has 0 aliphatic heterocycles. The molecule has 5 nitrogen and oxygen atoms in total. The molecule has 110 valence electrons. The minimum atomic E-state index is -0.888. The fourth-order valence-electron chi connectivity index (χ4n) is 1.62. The molecule has 1 amide bonds. The van der Waals surface area contributed by atoms with Crippen LogP contribution >= 0.6 is 11.8 Å². The van der Waals surface area contributed by atoms with Gasteiger partial charge >= 0.3 is 5.97 Å². The van der Waals surface area contributed by atoms with Gasteiger partial charge in [0.2, 0.25) is 5.91 Å². The van der Waals surface area contributed by atoms with E-state index in [0.717, 1.165) is 10.6 Å². The first-order valence-electron chi connectivity index (χ1n) is 6.31. The lowest BCUT2D eigenvalue weighted by molar-refractivity contribution is -0.142. The molecule has 0 bridgehead atoms. The third kappa shape index (κ3) is 4.86. The van der Waals surface area contributed by atoms with E-state index in [1.165, 1.54) is 0 Å². The molecule has 0 saturated carbocycles. The molecule has 1 aromatic rings. The Balaban J connectivity index is 2.50. The van der Waals surface area contributed by atoms with E-state index in [4.69, 9.17) is 5.11 Å². The molecule has 0 aliphatic carbocycles. The summed E-state index contributed by atoms with van der Waals surface area (Å²) in [6, 6.07) is 6.99. The molecule has 0 spiro atoms. The fourth-order valence-corrected chi connectivity index (χ4v) is 2.17. The van der Waals surface area contributed by atoms with Gasteiger partial charge in [-0.15, -0.1) is 11.8 Å². The lowest BCUT2D eigenvalue weighted by Gasteiger charge is -2.20. The summed E-state index contributed by atoms with van der Waals surface area (Å²) >= 11 is 1.57. The number of carboxylic acids is 1. The van der Waals surface area contributed by atoms with Crippen molar-refractivity contribution in [3.05, 3.63) is 24.3 Å². The van der Waals surface area contributed by atoms with Crippen molar-refractivity contribution in [3.63, 3.8) is 0 Å². The molecule has 0 saturated heterocycles. The Morgan fingerprint density at radius 3 is 2.65 bits per heavy atom. The van der Waals surface area contributed by atoms with Gasteiger partial charge in [0.05, 0.1) is 5.69 Å². The number of hydrogen-bond donors (Lipinski definition) is 2. The van der Waals surface area contributed by atoms with Crippen LogP contribution in [0, 0.1) is 0 Å². The van der Waals surface area contributed by atoms with Gasteiger partial charge in [0, 0.05) is 17.9 Å². The first-order valence-corrected chi connectivity index (χ1v) is 7.54. The average molecular weight is 296 g/mol. The third-order valence-electron chi connectivity index (χ3n) is 3.09. The number of benzene rings is 1. The Bertz CT molecular complexity index is 479. The Kier molecular flexibility index (Phi) is 6.54. The number of thioether (sulfide) groups is 1. The first-order chi connectivity index (χ1) is 9.45. The number of nitrogens with one attached hydrogen (secondary N) is 1. The number of carboxylic acid groups (broad SMARTS) is 1. The summed E-state index contributed by atoms with van der Waals surface area (Å²) in [6.45, 7) is 2.00. The molecule has 1 aromatic carbocycles. The molecule has 1 unspecified atom stereocenters. The maximum atomic E-state index is 11.9. The van der Waals surface area contributed by atoms with Crippen LogP contribution in [-0.2, 0) is 9.59 Å². The van der Waals surface area contributed by atoms with Crippen LogP contribution in [0.1, 0.15) is 13.3 Å². The van der Waals surface area contributed by atoms with Crippen LogP contribution in [-0.4, -0.2) is 47.8 Å². The number of carbonyl (C=O) groups excluding carboxylic acids is 1. The predicted octanol–water partition coefficient (Wildman–Crippen LogP) is 2.14. The van der Waals surface area contributed by atoms with Gasteiger partial charge in [-0.25, -0.2) is 0 Å². The van der Waals surface area contributed by atoms with Gasteiger partial charge in [-0.2, -0.15) is 0 Å². The molecule has 0 fully saturated rings. The number of hydrogen-bond acceptors (Lipinski definition) is 4. The predicted molar refractivity (Wildman–Crippen MR) is 81.2 cm³/mol. The minimum absolute atomic E-state index is 0.115. The summed E-state index contributed by atoms with van der Waals surface area (Å²) in [6.07, 6.45) is 2.21. The Morgan fingerprint density at radius 1 is 1.40 bits per heavy atom. The highest BCUT2D eigenvalue weighted by Gasteiger charge is 2.17. The van der Waals surface area contributed by atoms with Crippen molar-refractivity contribution in [1.82, 2.24) is 4.90 Å². The van der Waals surface area contributed by atoms with Crippen molar-refractivity contribution in [1.29, 1.82) is 0 Å². The van der Waals surface area contributed by atoms with Crippen LogP contribution in [0.15, 0.2) is 29.2 Å². The van der Waals surface area contributed by atoms with Crippen molar-refractivity contribution in [2.45, 2.75) is 24.3 Å². The molecular formula is C14H20N2O3S. The van der Waals surface area contributed by atoms with Crippen molar-refractivity contribution in [2.75, 3.05) is 25.2 Å². The Hall–Kier alpha value is -1.53. The van der Waals surface area contributed by atoms with Gasteiger partial charge < -0.3 is 10.4 Å². The van der Waals surface area contributed by atoms with E-state index < -0.39 is 12.0 Å². The van der Waals surface area contributed by atoms with Crippen LogP contribution < -0.4 is 5.32 Å². The second-order valence-electron chi connectivity index (χ2n) is 4.49. The number of rotatable bonds is 7. The molecule has 6 heteroatoms. The summed E-state index contributed by atoms with van der Waals surface area (Å²) in [4.78, 5) is 25.3. The molecular weight excluding hydrogens is 276 g/mol. The largest absolute Gasteiger partial charge is 0.480 e.